The maximum atomic E-state index is 2.52. The van der Waals surface area contributed by atoms with Crippen molar-refractivity contribution in [3.8, 4) is 0 Å². The van der Waals surface area contributed by atoms with Crippen molar-refractivity contribution in [2.24, 2.45) is 23.2 Å². The molecule has 3 unspecified atom stereocenters. The van der Waals surface area contributed by atoms with Crippen molar-refractivity contribution in [3.63, 3.8) is 0 Å². The molecule has 0 nitrogen and oxygen atoms in total. The molecular weight excluding hydrogens is 108 g/mol. The SMILES string of the molecule is C[C@]12CCC1C1CCC12. The van der Waals surface area contributed by atoms with E-state index in [0.717, 1.165) is 5.41 Å². The first-order valence-corrected chi connectivity index (χ1v) is 4.32. The van der Waals surface area contributed by atoms with Crippen LogP contribution in [0.1, 0.15) is 32.6 Å². The summed E-state index contributed by atoms with van der Waals surface area (Å²) in [5.41, 5.74) is 0.878. The van der Waals surface area contributed by atoms with E-state index in [2.05, 4.69) is 6.92 Å². The lowest BCUT2D eigenvalue weighted by molar-refractivity contribution is -0.240. The van der Waals surface area contributed by atoms with E-state index in [9.17, 15) is 0 Å². The van der Waals surface area contributed by atoms with E-state index in [1.165, 1.54) is 17.8 Å². The van der Waals surface area contributed by atoms with E-state index in [1.807, 2.05) is 0 Å². The Balaban J connectivity index is 1.92. The molecule has 9 heavy (non-hydrogen) atoms. The highest BCUT2D eigenvalue weighted by atomic mass is 14.7. The van der Waals surface area contributed by atoms with Gasteiger partial charge in [-0.2, -0.15) is 0 Å². The first-order valence-electron chi connectivity index (χ1n) is 4.32. The zero-order valence-electron chi connectivity index (χ0n) is 6.06. The van der Waals surface area contributed by atoms with Gasteiger partial charge in [0, 0.05) is 0 Å². The molecular formula is C9H14. The number of rotatable bonds is 0. The first-order chi connectivity index (χ1) is 4.32. The second-order valence-electron chi connectivity index (χ2n) is 4.50. The van der Waals surface area contributed by atoms with Crippen LogP contribution in [0.3, 0.4) is 0 Å². The summed E-state index contributed by atoms with van der Waals surface area (Å²) in [5.74, 6) is 3.59. The lowest BCUT2D eigenvalue weighted by Gasteiger charge is -2.73. The van der Waals surface area contributed by atoms with Gasteiger partial charge in [-0.1, -0.05) is 6.92 Å². The van der Waals surface area contributed by atoms with Crippen molar-refractivity contribution in [2.75, 3.05) is 0 Å². The van der Waals surface area contributed by atoms with Crippen molar-refractivity contribution in [1.29, 1.82) is 0 Å². The zero-order chi connectivity index (χ0) is 6.06. The molecule has 0 spiro atoms. The summed E-state index contributed by atoms with van der Waals surface area (Å²) in [7, 11) is 0. The normalized spacial score (nSPS) is 68.3. The van der Waals surface area contributed by atoms with E-state index in [0.29, 0.717) is 0 Å². The maximum absolute atomic E-state index is 2.52. The summed E-state index contributed by atoms with van der Waals surface area (Å²) in [5, 5.41) is 0. The summed E-state index contributed by atoms with van der Waals surface area (Å²) in [6.45, 7) is 2.52. The molecule has 0 aromatic heterocycles. The average molecular weight is 122 g/mol. The molecule has 0 bridgehead atoms. The van der Waals surface area contributed by atoms with Crippen molar-refractivity contribution in [1.82, 2.24) is 0 Å². The fourth-order valence-electron chi connectivity index (χ4n) is 3.64. The van der Waals surface area contributed by atoms with Crippen LogP contribution >= 0.6 is 0 Å². The Morgan fingerprint density at radius 1 is 1.11 bits per heavy atom. The topological polar surface area (TPSA) is 0 Å². The molecule has 0 aromatic carbocycles. The minimum Gasteiger partial charge on any atom is -0.0591 e. The van der Waals surface area contributed by atoms with Gasteiger partial charge in [-0.25, -0.2) is 0 Å². The lowest BCUT2D eigenvalue weighted by atomic mass is 9.32. The fraction of sp³-hybridized carbons (Fsp3) is 1.00. The molecule has 0 N–H and O–H groups in total. The quantitative estimate of drug-likeness (QED) is 0.463. The molecule has 3 aliphatic rings. The van der Waals surface area contributed by atoms with Crippen LogP contribution in [0.2, 0.25) is 0 Å². The largest absolute Gasteiger partial charge is 0.0591 e. The third-order valence-electron chi connectivity index (χ3n) is 4.53. The molecule has 0 saturated heterocycles. The number of hydrogen-bond acceptors (Lipinski definition) is 0. The van der Waals surface area contributed by atoms with Crippen LogP contribution in [0.5, 0.6) is 0 Å². The second kappa shape index (κ2) is 1.09. The van der Waals surface area contributed by atoms with Gasteiger partial charge in [0.05, 0.1) is 0 Å². The van der Waals surface area contributed by atoms with Crippen LogP contribution < -0.4 is 0 Å². The predicted octanol–water partition coefficient (Wildman–Crippen LogP) is 2.44. The molecule has 3 fully saturated rings. The highest BCUT2D eigenvalue weighted by molar-refractivity contribution is 5.15. The average Bonchev–Trinajstić information content (AvgIpc) is 1.77. The molecule has 4 atom stereocenters. The molecule has 0 heteroatoms. The summed E-state index contributed by atoms with van der Waals surface area (Å²) < 4.78 is 0. The van der Waals surface area contributed by atoms with Crippen molar-refractivity contribution in [3.05, 3.63) is 0 Å². The molecule has 3 rings (SSSR count). The summed E-state index contributed by atoms with van der Waals surface area (Å²) in [4.78, 5) is 0. The standard InChI is InChI=1S/C9H14/c1-9-5-4-8(9)6-2-3-7(6)9/h6-8H,2-5H2,1H3/t6?,7?,8?,9-/m1/s1. The minimum absolute atomic E-state index is 0.878. The molecule has 0 heterocycles. The maximum Gasteiger partial charge on any atom is -0.0264 e. The summed E-state index contributed by atoms with van der Waals surface area (Å²) >= 11 is 0. The van der Waals surface area contributed by atoms with E-state index >= 15 is 0 Å². The van der Waals surface area contributed by atoms with Gasteiger partial charge in [0.2, 0.25) is 0 Å². The molecule has 0 amide bonds. The Kier molecular flexibility index (Phi) is 0.574. The molecule has 50 valence electrons. The Morgan fingerprint density at radius 3 is 2.00 bits per heavy atom. The van der Waals surface area contributed by atoms with Gasteiger partial charge in [-0.05, 0) is 48.9 Å². The van der Waals surface area contributed by atoms with Crippen LogP contribution in [-0.4, -0.2) is 0 Å². The lowest BCUT2D eigenvalue weighted by Crippen LogP contribution is -2.65. The van der Waals surface area contributed by atoms with Crippen molar-refractivity contribution >= 4 is 0 Å². The van der Waals surface area contributed by atoms with Crippen LogP contribution in [0.25, 0.3) is 0 Å². The van der Waals surface area contributed by atoms with Gasteiger partial charge in [0.25, 0.3) is 0 Å². The van der Waals surface area contributed by atoms with Crippen LogP contribution in [0.15, 0.2) is 0 Å². The van der Waals surface area contributed by atoms with Crippen molar-refractivity contribution in [2.45, 2.75) is 32.6 Å². The van der Waals surface area contributed by atoms with E-state index < -0.39 is 0 Å². The minimum atomic E-state index is 0.878. The van der Waals surface area contributed by atoms with Crippen LogP contribution in [0.4, 0.5) is 0 Å². The van der Waals surface area contributed by atoms with Gasteiger partial charge in [-0.3, -0.25) is 0 Å². The molecule has 3 aliphatic carbocycles. The Morgan fingerprint density at radius 2 is 1.89 bits per heavy atom. The smallest absolute Gasteiger partial charge is 0.0264 e. The summed E-state index contributed by atoms with van der Waals surface area (Å²) in [6, 6.07) is 0. The van der Waals surface area contributed by atoms with Gasteiger partial charge in [-0.15, -0.1) is 0 Å². The monoisotopic (exact) mass is 122 g/mol. The van der Waals surface area contributed by atoms with E-state index in [4.69, 9.17) is 0 Å². The Labute approximate surface area is 56.6 Å². The van der Waals surface area contributed by atoms with Gasteiger partial charge < -0.3 is 0 Å². The third-order valence-corrected chi connectivity index (χ3v) is 4.53. The Bertz CT molecular complexity index is 149. The first kappa shape index (κ1) is 4.76. The van der Waals surface area contributed by atoms with Crippen molar-refractivity contribution < 1.29 is 0 Å². The summed E-state index contributed by atoms with van der Waals surface area (Å²) in [6.07, 6.45) is 6.26. The van der Waals surface area contributed by atoms with E-state index in [-0.39, 0.29) is 0 Å². The highest BCUT2D eigenvalue weighted by Crippen LogP contribution is 2.74. The van der Waals surface area contributed by atoms with Crippen LogP contribution in [-0.2, 0) is 0 Å². The van der Waals surface area contributed by atoms with E-state index in [1.54, 1.807) is 25.7 Å². The predicted molar refractivity (Wildman–Crippen MR) is 37.0 cm³/mol. The third kappa shape index (κ3) is 0.300. The zero-order valence-corrected chi connectivity index (χ0v) is 6.06. The fourth-order valence-corrected chi connectivity index (χ4v) is 3.64. The molecule has 0 aliphatic heterocycles. The second-order valence-corrected chi connectivity index (χ2v) is 4.50. The van der Waals surface area contributed by atoms with Gasteiger partial charge in [0.1, 0.15) is 0 Å². The highest BCUT2D eigenvalue weighted by Gasteiger charge is 2.66. The van der Waals surface area contributed by atoms with Gasteiger partial charge in [0.15, 0.2) is 0 Å². The van der Waals surface area contributed by atoms with Gasteiger partial charge >= 0.3 is 0 Å². The molecule has 0 aromatic rings. The van der Waals surface area contributed by atoms with Crippen LogP contribution in [0, 0.1) is 23.2 Å². The molecule has 3 saturated carbocycles. The number of fused-ring (bicyclic) bond motifs is 4. The number of hydrogen-bond donors (Lipinski definition) is 0. The Hall–Kier alpha value is 0. The molecule has 0 radical (unpaired) electrons.